The highest BCUT2D eigenvalue weighted by Crippen LogP contribution is 2.29. The number of ketones is 1. The first-order chi connectivity index (χ1) is 7.18. The zero-order valence-corrected chi connectivity index (χ0v) is 8.82. The minimum atomic E-state index is -0.631. The van der Waals surface area contributed by atoms with Crippen molar-refractivity contribution in [3.63, 3.8) is 0 Å². The lowest BCUT2D eigenvalue weighted by Gasteiger charge is -2.07. The van der Waals surface area contributed by atoms with E-state index in [1.165, 1.54) is 11.8 Å². The molecule has 0 aliphatic carbocycles. The minimum absolute atomic E-state index is 0.116. The normalized spacial score (nSPS) is 20.5. The van der Waals surface area contributed by atoms with Crippen LogP contribution in [-0.4, -0.2) is 16.8 Å². The lowest BCUT2D eigenvalue weighted by Crippen LogP contribution is -2.15. The summed E-state index contributed by atoms with van der Waals surface area (Å²) in [7, 11) is 0. The average Bonchev–Trinajstić information content (AvgIpc) is 2.74. The van der Waals surface area contributed by atoms with Crippen molar-refractivity contribution < 1.29 is 13.6 Å². The van der Waals surface area contributed by atoms with Crippen LogP contribution in [0.25, 0.3) is 0 Å². The molecule has 0 saturated carbocycles. The Morgan fingerprint density at radius 3 is 2.87 bits per heavy atom. The molecule has 0 amide bonds. The summed E-state index contributed by atoms with van der Waals surface area (Å²) in [6.07, 6.45) is 1.73. The van der Waals surface area contributed by atoms with Crippen LogP contribution in [0.4, 0.5) is 8.78 Å². The van der Waals surface area contributed by atoms with Crippen molar-refractivity contribution in [1.29, 1.82) is 0 Å². The van der Waals surface area contributed by atoms with Crippen molar-refractivity contribution in [2.75, 3.05) is 5.75 Å². The summed E-state index contributed by atoms with van der Waals surface area (Å²) in [5.74, 6) is -0.556. The summed E-state index contributed by atoms with van der Waals surface area (Å²) in [6, 6.07) is 3.01. The van der Waals surface area contributed by atoms with Gasteiger partial charge in [0.15, 0.2) is 5.78 Å². The van der Waals surface area contributed by atoms with Crippen LogP contribution < -0.4 is 0 Å². The van der Waals surface area contributed by atoms with Gasteiger partial charge in [-0.25, -0.2) is 8.78 Å². The van der Waals surface area contributed by atoms with Gasteiger partial charge >= 0.3 is 0 Å². The van der Waals surface area contributed by atoms with Gasteiger partial charge in [0.2, 0.25) is 0 Å². The Kier molecular flexibility index (Phi) is 3.05. The second-order valence-corrected chi connectivity index (χ2v) is 4.80. The molecule has 1 atom stereocenters. The third kappa shape index (κ3) is 2.20. The topological polar surface area (TPSA) is 17.1 Å². The monoisotopic (exact) mass is 228 g/mol. The number of benzene rings is 1. The predicted molar refractivity (Wildman–Crippen MR) is 56.2 cm³/mol. The van der Waals surface area contributed by atoms with Gasteiger partial charge in [0.05, 0.1) is 10.8 Å². The third-order valence-electron chi connectivity index (χ3n) is 2.42. The molecule has 1 heterocycles. The SMILES string of the molecule is O=C(c1cc(F)ccc1F)C1CCCS1. The van der Waals surface area contributed by atoms with Gasteiger partial charge < -0.3 is 0 Å². The van der Waals surface area contributed by atoms with Crippen LogP contribution in [0.3, 0.4) is 0 Å². The molecule has 0 radical (unpaired) electrons. The molecule has 15 heavy (non-hydrogen) atoms. The predicted octanol–water partition coefficient (Wildman–Crippen LogP) is 3.04. The zero-order valence-electron chi connectivity index (χ0n) is 8.00. The van der Waals surface area contributed by atoms with E-state index in [0.29, 0.717) is 0 Å². The van der Waals surface area contributed by atoms with E-state index in [2.05, 4.69) is 0 Å². The zero-order chi connectivity index (χ0) is 10.8. The summed E-state index contributed by atoms with van der Waals surface area (Å²) < 4.78 is 26.1. The van der Waals surface area contributed by atoms with Gasteiger partial charge in [-0.2, -0.15) is 11.8 Å². The van der Waals surface area contributed by atoms with E-state index in [1.54, 1.807) is 0 Å². The number of Topliss-reactive ketones (excluding diaryl/α,β-unsaturated/α-hetero) is 1. The molecule has 4 heteroatoms. The Morgan fingerprint density at radius 2 is 2.20 bits per heavy atom. The molecule has 0 spiro atoms. The van der Waals surface area contributed by atoms with Gasteiger partial charge in [-0.3, -0.25) is 4.79 Å². The first-order valence-corrected chi connectivity index (χ1v) is 5.84. The summed E-state index contributed by atoms with van der Waals surface area (Å²) in [6.45, 7) is 0. The van der Waals surface area contributed by atoms with Crippen LogP contribution in [0.5, 0.6) is 0 Å². The third-order valence-corrected chi connectivity index (χ3v) is 3.79. The second-order valence-electron chi connectivity index (χ2n) is 3.49. The summed E-state index contributed by atoms with van der Waals surface area (Å²) in [5, 5.41) is -0.193. The van der Waals surface area contributed by atoms with Crippen molar-refractivity contribution in [3.05, 3.63) is 35.4 Å². The maximum absolute atomic E-state index is 13.3. The molecule has 1 aromatic carbocycles. The molecule has 0 aromatic heterocycles. The highest BCUT2D eigenvalue weighted by Gasteiger charge is 2.26. The fourth-order valence-corrected chi connectivity index (χ4v) is 2.87. The largest absolute Gasteiger partial charge is 0.293 e. The van der Waals surface area contributed by atoms with Crippen molar-refractivity contribution in [2.24, 2.45) is 0 Å². The van der Waals surface area contributed by atoms with Crippen LogP contribution in [0, 0.1) is 11.6 Å². The van der Waals surface area contributed by atoms with E-state index in [1.807, 2.05) is 0 Å². The number of halogens is 2. The minimum Gasteiger partial charge on any atom is -0.293 e. The molecule has 1 unspecified atom stereocenters. The Bertz CT molecular complexity index is 386. The molecule has 80 valence electrons. The van der Waals surface area contributed by atoms with E-state index >= 15 is 0 Å². The van der Waals surface area contributed by atoms with Gasteiger partial charge in [-0.05, 0) is 36.8 Å². The Morgan fingerprint density at radius 1 is 1.40 bits per heavy atom. The number of hydrogen-bond acceptors (Lipinski definition) is 2. The number of hydrogen-bond donors (Lipinski definition) is 0. The molecule has 1 saturated heterocycles. The Hall–Kier alpha value is -0.900. The van der Waals surface area contributed by atoms with Gasteiger partial charge in [0, 0.05) is 0 Å². The molecule has 1 aliphatic rings. The molecule has 0 N–H and O–H groups in total. The van der Waals surface area contributed by atoms with E-state index in [4.69, 9.17) is 0 Å². The van der Waals surface area contributed by atoms with Gasteiger partial charge in [-0.1, -0.05) is 0 Å². The smallest absolute Gasteiger partial charge is 0.178 e. The number of carbonyl (C=O) groups is 1. The molecular weight excluding hydrogens is 218 g/mol. The first kappa shape index (κ1) is 10.6. The molecular formula is C11H10F2OS. The van der Waals surface area contributed by atoms with Crippen molar-refractivity contribution >= 4 is 17.5 Å². The van der Waals surface area contributed by atoms with Crippen LogP contribution in [-0.2, 0) is 0 Å². The van der Waals surface area contributed by atoms with Gasteiger partial charge in [0.25, 0.3) is 0 Å². The highest BCUT2D eigenvalue weighted by molar-refractivity contribution is 8.00. The highest BCUT2D eigenvalue weighted by atomic mass is 32.2. The molecule has 2 rings (SSSR count). The van der Waals surface area contributed by atoms with Gasteiger partial charge in [-0.15, -0.1) is 0 Å². The van der Waals surface area contributed by atoms with E-state index in [-0.39, 0.29) is 16.6 Å². The number of rotatable bonds is 2. The van der Waals surface area contributed by atoms with Crippen LogP contribution >= 0.6 is 11.8 Å². The van der Waals surface area contributed by atoms with Crippen LogP contribution in [0.1, 0.15) is 23.2 Å². The Balaban J connectivity index is 2.27. The van der Waals surface area contributed by atoms with Crippen LogP contribution in [0.15, 0.2) is 18.2 Å². The lowest BCUT2D eigenvalue weighted by molar-refractivity contribution is 0.0984. The van der Waals surface area contributed by atoms with Crippen molar-refractivity contribution in [2.45, 2.75) is 18.1 Å². The first-order valence-electron chi connectivity index (χ1n) is 4.79. The maximum Gasteiger partial charge on any atom is 0.178 e. The fourth-order valence-electron chi connectivity index (χ4n) is 1.64. The molecule has 0 bridgehead atoms. The summed E-state index contributed by atoms with van der Waals surface area (Å²) in [4.78, 5) is 11.8. The van der Waals surface area contributed by atoms with Gasteiger partial charge in [0.1, 0.15) is 11.6 Å². The van der Waals surface area contributed by atoms with Crippen LogP contribution in [0.2, 0.25) is 0 Å². The van der Waals surface area contributed by atoms with E-state index in [0.717, 1.165) is 36.8 Å². The fraction of sp³-hybridized carbons (Fsp3) is 0.364. The quantitative estimate of drug-likeness (QED) is 0.724. The number of carbonyl (C=O) groups excluding carboxylic acids is 1. The molecule has 1 aliphatic heterocycles. The maximum atomic E-state index is 13.3. The summed E-state index contributed by atoms with van der Waals surface area (Å²) in [5.41, 5.74) is -0.116. The average molecular weight is 228 g/mol. The van der Waals surface area contributed by atoms with E-state index in [9.17, 15) is 13.6 Å². The van der Waals surface area contributed by atoms with Crippen molar-refractivity contribution in [1.82, 2.24) is 0 Å². The lowest BCUT2D eigenvalue weighted by atomic mass is 10.0. The van der Waals surface area contributed by atoms with Crippen molar-refractivity contribution in [3.8, 4) is 0 Å². The Labute approximate surface area is 90.9 Å². The molecule has 1 aromatic rings. The molecule has 1 nitrogen and oxygen atoms in total. The second kappa shape index (κ2) is 4.31. The summed E-state index contributed by atoms with van der Waals surface area (Å²) >= 11 is 1.52. The molecule has 1 fully saturated rings. The standard InChI is InChI=1S/C11H10F2OS/c12-7-3-4-9(13)8(6-7)11(14)10-2-1-5-15-10/h3-4,6,10H,1-2,5H2. The van der Waals surface area contributed by atoms with E-state index < -0.39 is 11.6 Å². The number of thioether (sulfide) groups is 1.